The highest BCUT2D eigenvalue weighted by Gasteiger charge is 2.09. The van der Waals surface area contributed by atoms with E-state index in [0.717, 1.165) is 6.54 Å². The van der Waals surface area contributed by atoms with E-state index in [1.165, 1.54) is 76.2 Å². The molecule has 0 aromatic heterocycles. The van der Waals surface area contributed by atoms with Crippen LogP contribution in [-0.2, 0) is 0 Å². The summed E-state index contributed by atoms with van der Waals surface area (Å²) in [6.07, 6.45) is 14.9. The van der Waals surface area contributed by atoms with Gasteiger partial charge in [-0.25, -0.2) is 0 Å². The van der Waals surface area contributed by atoms with Crippen molar-refractivity contribution < 1.29 is 0 Å². The van der Waals surface area contributed by atoms with Gasteiger partial charge in [0.05, 0.1) is 0 Å². The van der Waals surface area contributed by atoms with Gasteiger partial charge in [0.1, 0.15) is 0 Å². The molecule has 1 atom stereocenters. The van der Waals surface area contributed by atoms with Gasteiger partial charge in [0.2, 0.25) is 0 Å². The molecule has 22 heavy (non-hydrogen) atoms. The molecule has 0 aliphatic carbocycles. The van der Waals surface area contributed by atoms with Crippen molar-refractivity contribution in [2.24, 2.45) is 0 Å². The highest BCUT2D eigenvalue weighted by molar-refractivity contribution is 5.18. The first-order chi connectivity index (χ1) is 10.9. The fraction of sp³-hybridized carbons (Fsp3) is 0.714. The van der Waals surface area contributed by atoms with Crippen molar-refractivity contribution in [3.05, 3.63) is 35.9 Å². The summed E-state index contributed by atoms with van der Waals surface area (Å²) in [5.41, 5.74) is 1.46. The van der Waals surface area contributed by atoms with E-state index >= 15 is 0 Å². The number of unbranched alkanes of at least 4 members (excludes halogenated alkanes) is 8. The van der Waals surface area contributed by atoms with Crippen LogP contribution in [-0.4, -0.2) is 6.54 Å². The zero-order valence-electron chi connectivity index (χ0n) is 14.9. The van der Waals surface area contributed by atoms with Crippen molar-refractivity contribution in [3.63, 3.8) is 0 Å². The number of hydrogen-bond donors (Lipinski definition) is 1. The average Bonchev–Trinajstić information content (AvgIpc) is 2.56. The van der Waals surface area contributed by atoms with E-state index in [1.807, 2.05) is 0 Å². The third-order valence-corrected chi connectivity index (χ3v) is 4.47. The van der Waals surface area contributed by atoms with Crippen LogP contribution in [0.15, 0.2) is 30.3 Å². The van der Waals surface area contributed by atoms with Crippen LogP contribution in [0.5, 0.6) is 0 Å². The van der Waals surface area contributed by atoms with Crippen molar-refractivity contribution >= 4 is 0 Å². The van der Waals surface area contributed by atoms with E-state index in [2.05, 4.69) is 49.5 Å². The Hall–Kier alpha value is -0.820. The van der Waals surface area contributed by atoms with Crippen molar-refractivity contribution in [2.75, 3.05) is 6.54 Å². The van der Waals surface area contributed by atoms with Crippen LogP contribution >= 0.6 is 0 Å². The first-order valence-electron chi connectivity index (χ1n) is 9.66. The highest BCUT2D eigenvalue weighted by atomic mass is 14.9. The molecule has 1 heteroatoms. The van der Waals surface area contributed by atoms with Gasteiger partial charge >= 0.3 is 0 Å². The van der Waals surface area contributed by atoms with Crippen molar-refractivity contribution in [3.8, 4) is 0 Å². The van der Waals surface area contributed by atoms with Gasteiger partial charge in [0.15, 0.2) is 0 Å². The lowest BCUT2D eigenvalue weighted by Crippen LogP contribution is -2.22. The van der Waals surface area contributed by atoms with E-state index in [9.17, 15) is 0 Å². The smallest absolute Gasteiger partial charge is 0.0320 e. The zero-order valence-corrected chi connectivity index (χ0v) is 14.9. The highest BCUT2D eigenvalue weighted by Crippen LogP contribution is 2.20. The average molecular weight is 304 g/mol. The molecule has 126 valence electrons. The Labute approximate surface area is 138 Å². The maximum Gasteiger partial charge on any atom is 0.0320 e. The molecule has 1 aromatic carbocycles. The van der Waals surface area contributed by atoms with Crippen LogP contribution in [0.1, 0.15) is 96.1 Å². The molecule has 1 nitrogen and oxygen atoms in total. The Morgan fingerprint density at radius 2 is 1.32 bits per heavy atom. The molecule has 1 rings (SSSR count). The van der Waals surface area contributed by atoms with Crippen LogP contribution in [0.4, 0.5) is 0 Å². The predicted octanol–water partition coefficient (Wildman–Crippen LogP) is 6.65. The second kappa shape index (κ2) is 13.8. The van der Waals surface area contributed by atoms with Crippen LogP contribution in [0.25, 0.3) is 0 Å². The summed E-state index contributed by atoms with van der Waals surface area (Å²) >= 11 is 0. The molecule has 0 aliphatic rings. The van der Waals surface area contributed by atoms with Crippen molar-refractivity contribution in [1.29, 1.82) is 0 Å². The molecule has 0 spiro atoms. The molecule has 0 amide bonds. The van der Waals surface area contributed by atoms with Gasteiger partial charge in [-0.1, -0.05) is 102 Å². The number of benzene rings is 1. The summed E-state index contributed by atoms with van der Waals surface area (Å²) in [6, 6.07) is 11.6. The third kappa shape index (κ3) is 9.25. The lowest BCUT2D eigenvalue weighted by Gasteiger charge is -2.19. The van der Waals surface area contributed by atoms with Gasteiger partial charge in [0.25, 0.3) is 0 Å². The molecule has 0 fully saturated rings. The monoisotopic (exact) mass is 303 g/mol. The molecule has 1 unspecified atom stereocenters. The topological polar surface area (TPSA) is 12.0 Å². The minimum absolute atomic E-state index is 0.550. The molecule has 0 bridgehead atoms. The maximum absolute atomic E-state index is 3.80. The molecule has 0 aliphatic heterocycles. The van der Waals surface area contributed by atoms with E-state index in [1.54, 1.807) is 0 Å². The summed E-state index contributed by atoms with van der Waals surface area (Å²) in [5, 5.41) is 3.80. The molecule has 0 heterocycles. The van der Waals surface area contributed by atoms with Crippen LogP contribution in [0, 0.1) is 0 Å². The molecule has 0 saturated heterocycles. The quantitative estimate of drug-likeness (QED) is 0.379. The molecule has 1 N–H and O–H groups in total. The van der Waals surface area contributed by atoms with Gasteiger partial charge in [-0.3, -0.25) is 0 Å². The lowest BCUT2D eigenvalue weighted by molar-refractivity contribution is 0.456. The first-order valence-corrected chi connectivity index (χ1v) is 9.66. The van der Waals surface area contributed by atoms with Gasteiger partial charge in [-0.15, -0.1) is 0 Å². The molecule has 0 saturated carbocycles. The molecule has 0 radical (unpaired) electrons. The van der Waals surface area contributed by atoms with E-state index in [-0.39, 0.29) is 0 Å². The van der Waals surface area contributed by atoms with Gasteiger partial charge in [-0.2, -0.15) is 0 Å². The Morgan fingerprint density at radius 3 is 1.95 bits per heavy atom. The summed E-state index contributed by atoms with van der Waals surface area (Å²) in [6.45, 7) is 5.73. The molecular formula is C21H37N. The molecular weight excluding hydrogens is 266 g/mol. The van der Waals surface area contributed by atoms with Gasteiger partial charge < -0.3 is 5.32 Å². The minimum atomic E-state index is 0.550. The first kappa shape index (κ1) is 19.2. The zero-order chi connectivity index (χ0) is 15.9. The Balaban J connectivity index is 2.29. The van der Waals surface area contributed by atoms with Crippen LogP contribution in [0.3, 0.4) is 0 Å². The number of nitrogens with one attached hydrogen (secondary N) is 1. The van der Waals surface area contributed by atoms with Crippen LogP contribution in [0.2, 0.25) is 0 Å². The fourth-order valence-corrected chi connectivity index (χ4v) is 3.03. The number of hydrogen-bond acceptors (Lipinski definition) is 1. The fourth-order valence-electron chi connectivity index (χ4n) is 3.03. The van der Waals surface area contributed by atoms with Gasteiger partial charge in [-0.05, 0) is 24.9 Å². The second-order valence-electron chi connectivity index (χ2n) is 6.53. The summed E-state index contributed by atoms with van der Waals surface area (Å²) < 4.78 is 0. The number of rotatable bonds is 14. The maximum atomic E-state index is 3.80. The standard InChI is InChI=1S/C21H37N/c1-3-5-7-9-14-18-21(20-16-12-11-13-17-20)22-19-15-10-8-6-4-2/h11-13,16-17,21-22H,3-10,14-15,18-19H2,1-2H3. The SMILES string of the molecule is CCCCCCCNC(CCCCCCC)c1ccccc1. The van der Waals surface area contributed by atoms with Crippen molar-refractivity contribution in [1.82, 2.24) is 5.32 Å². The summed E-state index contributed by atoms with van der Waals surface area (Å²) in [7, 11) is 0. The van der Waals surface area contributed by atoms with Crippen LogP contribution < -0.4 is 5.32 Å². The van der Waals surface area contributed by atoms with E-state index in [4.69, 9.17) is 0 Å². The Kier molecular flexibility index (Phi) is 12.1. The van der Waals surface area contributed by atoms with E-state index < -0.39 is 0 Å². The normalized spacial score (nSPS) is 12.5. The second-order valence-corrected chi connectivity index (χ2v) is 6.53. The minimum Gasteiger partial charge on any atom is -0.310 e. The summed E-state index contributed by atoms with van der Waals surface area (Å²) in [4.78, 5) is 0. The predicted molar refractivity (Wildman–Crippen MR) is 99.3 cm³/mol. The van der Waals surface area contributed by atoms with Gasteiger partial charge in [0, 0.05) is 6.04 Å². The van der Waals surface area contributed by atoms with E-state index in [0.29, 0.717) is 6.04 Å². The largest absolute Gasteiger partial charge is 0.310 e. The Morgan fingerprint density at radius 1 is 0.727 bits per heavy atom. The summed E-state index contributed by atoms with van der Waals surface area (Å²) in [5.74, 6) is 0. The third-order valence-electron chi connectivity index (χ3n) is 4.47. The lowest BCUT2D eigenvalue weighted by atomic mass is 9.99. The van der Waals surface area contributed by atoms with Crippen molar-refractivity contribution in [2.45, 2.75) is 90.5 Å². The Bertz CT molecular complexity index is 333. The molecule has 1 aromatic rings.